The molecule has 0 saturated carbocycles. The third-order valence-corrected chi connectivity index (χ3v) is 3.96. The van der Waals surface area contributed by atoms with Crippen LogP contribution >= 0.6 is 11.6 Å². The summed E-state index contributed by atoms with van der Waals surface area (Å²) in [5, 5.41) is 6.86. The number of carbonyl (C=O) groups is 1. The van der Waals surface area contributed by atoms with Crippen molar-refractivity contribution in [3.63, 3.8) is 0 Å². The van der Waals surface area contributed by atoms with E-state index in [0.29, 0.717) is 5.02 Å². The monoisotopic (exact) mass is 316 g/mol. The van der Waals surface area contributed by atoms with E-state index < -0.39 is 0 Å². The van der Waals surface area contributed by atoms with Crippen molar-refractivity contribution >= 4 is 23.2 Å². The summed E-state index contributed by atoms with van der Waals surface area (Å²) in [5.41, 5.74) is 3.00. The minimum absolute atomic E-state index is 0.0147. The molecular formula is C18H21ClN2O. The van der Waals surface area contributed by atoms with Gasteiger partial charge in [0.1, 0.15) is 0 Å². The Morgan fingerprint density at radius 2 is 1.82 bits per heavy atom. The summed E-state index contributed by atoms with van der Waals surface area (Å²) < 4.78 is 0. The molecule has 1 unspecified atom stereocenters. The number of carbonyl (C=O) groups excluding carboxylic acids is 1. The third kappa shape index (κ3) is 4.33. The van der Waals surface area contributed by atoms with Crippen molar-refractivity contribution < 1.29 is 4.79 Å². The molecular weight excluding hydrogens is 296 g/mol. The molecule has 2 N–H and O–H groups in total. The van der Waals surface area contributed by atoms with Crippen molar-refractivity contribution in [2.75, 3.05) is 11.9 Å². The van der Waals surface area contributed by atoms with Crippen LogP contribution in [0.15, 0.2) is 48.5 Å². The Hall–Kier alpha value is -1.84. The van der Waals surface area contributed by atoms with Gasteiger partial charge in [-0.3, -0.25) is 4.79 Å². The SMILES string of the molecule is CCc1ccccc1NC(=O)CNC(C)c1ccccc1Cl. The van der Waals surface area contributed by atoms with Crippen LogP contribution < -0.4 is 10.6 Å². The van der Waals surface area contributed by atoms with Crippen molar-refractivity contribution in [3.8, 4) is 0 Å². The third-order valence-electron chi connectivity index (χ3n) is 3.61. The van der Waals surface area contributed by atoms with Crippen LogP contribution in [0.1, 0.15) is 31.0 Å². The predicted molar refractivity (Wildman–Crippen MR) is 92.3 cm³/mol. The fourth-order valence-electron chi connectivity index (χ4n) is 2.33. The molecule has 3 nitrogen and oxygen atoms in total. The van der Waals surface area contributed by atoms with Crippen molar-refractivity contribution in [3.05, 3.63) is 64.7 Å². The average Bonchev–Trinajstić information content (AvgIpc) is 2.53. The number of halogens is 1. The number of nitrogens with one attached hydrogen (secondary N) is 2. The van der Waals surface area contributed by atoms with Crippen LogP contribution in [0.2, 0.25) is 5.02 Å². The molecule has 1 atom stereocenters. The van der Waals surface area contributed by atoms with Gasteiger partial charge < -0.3 is 10.6 Å². The molecule has 0 aromatic heterocycles. The summed E-state index contributed by atoms with van der Waals surface area (Å²) in [7, 11) is 0. The first-order chi connectivity index (χ1) is 10.6. The van der Waals surface area contributed by atoms with E-state index >= 15 is 0 Å². The molecule has 0 radical (unpaired) electrons. The molecule has 116 valence electrons. The highest BCUT2D eigenvalue weighted by Crippen LogP contribution is 2.22. The Morgan fingerprint density at radius 1 is 1.14 bits per heavy atom. The second-order valence-corrected chi connectivity index (χ2v) is 5.59. The van der Waals surface area contributed by atoms with E-state index in [-0.39, 0.29) is 18.5 Å². The van der Waals surface area contributed by atoms with Gasteiger partial charge in [-0.1, -0.05) is 54.9 Å². The topological polar surface area (TPSA) is 41.1 Å². The molecule has 0 fully saturated rings. The smallest absolute Gasteiger partial charge is 0.238 e. The average molecular weight is 317 g/mol. The summed E-state index contributed by atoms with van der Waals surface area (Å²) >= 11 is 6.16. The Labute approximate surface area is 136 Å². The summed E-state index contributed by atoms with van der Waals surface area (Å²) in [6, 6.07) is 15.5. The van der Waals surface area contributed by atoms with E-state index in [0.717, 1.165) is 23.2 Å². The van der Waals surface area contributed by atoms with Crippen LogP contribution in [0.5, 0.6) is 0 Å². The van der Waals surface area contributed by atoms with Gasteiger partial charge in [-0.15, -0.1) is 0 Å². The van der Waals surface area contributed by atoms with Gasteiger partial charge in [0.05, 0.1) is 6.54 Å². The fraction of sp³-hybridized carbons (Fsp3) is 0.278. The predicted octanol–water partition coefficient (Wildman–Crippen LogP) is 4.19. The van der Waals surface area contributed by atoms with Gasteiger partial charge >= 0.3 is 0 Å². The van der Waals surface area contributed by atoms with Crippen molar-refractivity contribution in [1.29, 1.82) is 0 Å². The van der Waals surface area contributed by atoms with Crippen molar-refractivity contribution in [1.82, 2.24) is 5.32 Å². The van der Waals surface area contributed by atoms with E-state index in [1.807, 2.05) is 55.5 Å². The molecule has 2 rings (SSSR count). The lowest BCUT2D eigenvalue weighted by molar-refractivity contribution is -0.115. The molecule has 22 heavy (non-hydrogen) atoms. The maximum absolute atomic E-state index is 12.1. The second-order valence-electron chi connectivity index (χ2n) is 5.18. The molecule has 0 saturated heterocycles. The first kappa shape index (κ1) is 16.5. The maximum Gasteiger partial charge on any atom is 0.238 e. The van der Waals surface area contributed by atoms with E-state index in [4.69, 9.17) is 11.6 Å². The highest BCUT2D eigenvalue weighted by molar-refractivity contribution is 6.31. The van der Waals surface area contributed by atoms with Gasteiger partial charge in [-0.2, -0.15) is 0 Å². The quantitative estimate of drug-likeness (QED) is 0.839. The normalized spacial score (nSPS) is 12.0. The molecule has 0 aliphatic heterocycles. The number of anilines is 1. The molecule has 0 heterocycles. The van der Waals surface area contributed by atoms with Crippen LogP contribution in [0.4, 0.5) is 5.69 Å². The summed E-state index contributed by atoms with van der Waals surface area (Å²) in [6.07, 6.45) is 0.889. The zero-order valence-electron chi connectivity index (χ0n) is 12.9. The number of para-hydroxylation sites is 1. The fourth-order valence-corrected chi connectivity index (χ4v) is 2.63. The standard InChI is InChI=1S/C18H21ClN2O/c1-3-14-8-4-7-11-17(14)21-18(22)12-20-13(2)15-9-5-6-10-16(15)19/h4-11,13,20H,3,12H2,1-2H3,(H,21,22). The Morgan fingerprint density at radius 3 is 2.55 bits per heavy atom. The van der Waals surface area contributed by atoms with Crippen LogP contribution in [0, 0.1) is 0 Å². The lowest BCUT2D eigenvalue weighted by Gasteiger charge is -2.16. The summed E-state index contributed by atoms with van der Waals surface area (Å²) in [6.45, 7) is 4.31. The number of benzene rings is 2. The van der Waals surface area contributed by atoms with Crippen LogP contribution in [0.3, 0.4) is 0 Å². The van der Waals surface area contributed by atoms with Gasteiger partial charge in [0.25, 0.3) is 0 Å². The zero-order valence-corrected chi connectivity index (χ0v) is 13.7. The van der Waals surface area contributed by atoms with Gasteiger partial charge in [0, 0.05) is 16.8 Å². The van der Waals surface area contributed by atoms with Gasteiger partial charge in [-0.25, -0.2) is 0 Å². The van der Waals surface area contributed by atoms with Gasteiger partial charge in [0.2, 0.25) is 5.91 Å². The molecule has 0 spiro atoms. The highest BCUT2D eigenvalue weighted by atomic mass is 35.5. The van der Waals surface area contributed by atoms with Crippen molar-refractivity contribution in [2.24, 2.45) is 0 Å². The lowest BCUT2D eigenvalue weighted by Crippen LogP contribution is -2.30. The Balaban J connectivity index is 1.92. The Kier molecular flexibility index (Phi) is 5.99. The van der Waals surface area contributed by atoms with E-state index in [1.54, 1.807) is 0 Å². The first-order valence-electron chi connectivity index (χ1n) is 7.47. The van der Waals surface area contributed by atoms with Crippen molar-refractivity contribution in [2.45, 2.75) is 26.3 Å². The summed E-state index contributed by atoms with van der Waals surface area (Å²) in [5.74, 6) is -0.0557. The van der Waals surface area contributed by atoms with Crippen LogP contribution in [-0.4, -0.2) is 12.5 Å². The molecule has 0 aliphatic rings. The first-order valence-corrected chi connectivity index (χ1v) is 7.85. The molecule has 0 aliphatic carbocycles. The molecule has 2 aromatic carbocycles. The molecule has 0 bridgehead atoms. The maximum atomic E-state index is 12.1. The number of hydrogen-bond donors (Lipinski definition) is 2. The number of aryl methyl sites for hydroxylation is 1. The minimum atomic E-state index is -0.0557. The second kappa shape index (κ2) is 7.97. The van der Waals surface area contributed by atoms with Crippen LogP contribution in [-0.2, 0) is 11.2 Å². The van der Waals surface area contributed by atoms with Crippen LogP contribution in [0.25, 0.3) is 0 Å². The highest BCUT2D eigenvalue weighted by Gasteiger charge is 2.11. The number of hydrogen-bond acceptors (Lipinski definition) is 2. The van der Waals surface area contributed by atoms with E-state index in [9.17, 15) is 4.79 Å². The Bertz CT molecular complexity index is 642. The number of rotatable bonds is 6. The largest absolute Gasteiger partial charge is 0.325 e. The van der Waals surface area contributed by atoms with E-state index in [1.165, 1.54) is 0 Å². The van der Waals surface area contributed by atoms with Gasteiger partial charge in [0.15, 0.2) is 0 Å². The molecule has 2 aromatic rings. The molecule has 4 heteroatoms. The molecule has 1 amide bonds. The summed E-state index contributed by atoms with van der Waals surface area (Å²) in [4.78, 5) is 12.1. The lowest BCUT2D eigenvalue weighted by atomic mass is 10.1. The minimum Gasteiger partial charge on any atom is -0.325 e. The zero-order chi connectivity index (χ0) is 15.9. The van der Waals surface area contributed by atoms with Gasteiger partial charge in [-0.05, 0) is 36.6 Å². The number of amides is 1. The van der Waals surface area contributed by atoms with E-state index in [2.05, 4.69) is 17.6 Å².